The predicted octanol–water partition coefficient (Wildman–Crippen LogP) is 2.05. The second-order valence-corrected chi connectivity index (χ2v) is 6.14. The first-order valence-corrected chi connectivity index (χ1v) is 7.99. The van der Waals surface area contributed by atoms with Crippen molar-refractivity contribution < 1.29 is 19.4 Å². The number of amides is 1. The van der Waals surface area contributed by atoms with Gasteiger partial charge in [0, 0.05) is 18.6 Å². The Morgan fingerprint density at radius 2 is 2.29 bits per heavy atom. The van der Waals surface area contributed by atoms with Gasteiger partial charge in [-0.05, 0) is 26.2 Å². The van der Waals surface area contributed by atoms with Crippen LogP contribution in [0.2, 0.25) is 0 Å². The van der Waals surface area contributed by atoms with Crippen LogP contribution in [0.1, 0.15) is 48.1 Å². The van der Waals surface area contributed by atoms with Gasteiger partial charge in [-0.3, -0.25) is 4.79 Å². The lowest BCUT2D eigenvalue weighted by atomic mass is 9.66. The average Bonchev–Trinajstić information content (AvgIpc) is 2.88. The first-order valence-electron chi connectivity index (χ1n) is 7.11. The molecule has 0 aromatic carbocycles. The number of hydrogen-bond acceptors (Lipinski definition) is 5. The molecule has 1 aliphatic rings. The number of carbonyl (C=O) groups excluding carboxylic acids is 1. The number of aromatic carboxylic acids is 1. The predicted molar refractivity (Wildman–Crippen MR) is 78.3 cm³/mol. The van der Waals surface area contributed by atoms with Crippen LogP contribution in [-0.4, -0.2) is 35.2 Å². The van der Waals surface area contributed by atoms with Crippen molar-refractivity contribution >= 4 is 23.2 Å². The maximum atomic E-state index is 12.3. The van der Waals surface area contributed by atoms with Crippen molar-refractivity contribution in [1.29, 1.82) is 0 Å². The van der Waals surface area contributed by atoms with Gasteiger partial charge in [0.15, 0.2) is 5.69 Å². The van der Waals surface area contributed by atoms with Gasteiger partial charge >= 0.3 is 5.97 Å². The molecule has 1 aromatic rings. The average molecular weight is 312 g/mol. The highest BCUT2D eigenvalue weighted by molar-refractivity contribution is 7.09. The number of aromatic nitrogens is 1. The summed E-state index contributed by atoms with van der Waals surface area (Å²) in [7, 11) is 0. The molecule has 1 aromatic heterocycles. The van der Waals surface area contributed by atoms with Crippen molar-refractivity contribution in [3.05, 3.63) is 16.1 Å². The Hall–Kier alpha value is -1.47. The zero-order valence-electron chi connectivity index (χ0n) is 12.1. The van der Waals surface area contributed by atoms with Crippen molar-refractivity contribution in [1.82, 2.24) is 10.3 Å². The summed E-state index contributed by atoms with van der Waals surface area (Å²) in [6.45, 7) is 3.49. The fraction of sp³-hybridized carbons (Fsp3) is 0.643. The maximum Gasteiger partial charge on any atom is 0.355 e. The molecule has 7 heteroatoms. The van der Waals surface area contributed by atoms with Gasteiger partial charge in [-0.1, -0.05) is 6.42 Å². The number of carbonyl (C=O) groups is 2. The Balaban J connectivity index is 1.86. The molecule has 2 N–H and O–H groups in total. The number of nitrogens with one attached hydrogen (secondary N) is 1. The molecule has 1 saturated carbocycles. The minimum absolute atomic E-state index is 0.0268. The minimum atomic E-state index is -1.05. The second kappa shape index (κ2) is 7.00. The summed E-state index contributed by atoms with van der Waals surface area (Å²) in [5.41, 5.74) is -0.277. The molecule has 1 heterocycles. The van der Waals surface area contributed by atoms with E-state index in [9.17, 15) is 9.59 Å². The number of nitrogens with zero attached hydrogens (tertiary/aromatic N) is 1. The Kier molecular flexibility index (Phi) is 5.30. The van der Waals surface area contributed by atoms with Crippen LogP contribution in [0.3, 0.4) is 0 Å². The van der Waals surface area contributed by atoms with Gasteiger partial charge in [0.05, 0.1) is 12.0 Å². The van der Waals surface area contributed by atoms with Gasteiger partial charge in [0.2, 0.25) is 5.91 Å². The Morgan fingerprint density at radius 3 is 2.81 bits per heavy atom. The molecule has 116 valence electrons. The van der Waals surface area contributed by atoms with E-state index in [1.807, 2.05) is 6.92 Å². The number of carboxylic acid groups (broad SMARTS) is 1. The van der Waals surface area contributed by atoms with Crippen molar-refractivity contribution in [2.45, 2.75) is 39.2 Å². The number of carboxylic acids is 1. The summed E-state index contributed by atoms with van der Waals surface area (Å²) >= 11 is 1.25. The van der Waals surface area contributed by atoms with Crippen LogP contribution in [0, 0.1) is 5.41 Å². The van der Waals surface area contributed by atoms with Gasteiger partial charge in [-0.2, -0.15) is 0 Å². The number of rotatable bonds is 8. The van der Waals surface area contributed by atoms with E-state index in [2.05, 4.69) is 10.3 Å². The standard InChI is InChI=1S/C14H20N2O4S/c1-2-20-7-6-14(4-3-5-14)13(19)15-8-11-16-10(9-21-11)12(17)18/h9H,2-8H2,1H3,(H,15,19)(H,17,18). The van der Waals surface area contributed by atoms with Gasteiger partial charge in [-0.15, -0.1) is 11.3 Å². The van der Waals surface area contributed by atoms with Crippen LogP contribution >= 0.6 is 11.3 Å². The van der Waals surface area contributed by atoms with E-state index < -0.39 is 5.97 Å². The third kappa shape index (κ3) is 3.79. The molecule has 6 nitrogen and oxygen atoms in total. The van der Waals surface area contributed by atoms with Gasteiger partial charge in [-0.25, -0.2) is 9.78 Å². The fourth-order valence-electron chi connectivity index (χ4n) is 2.44. The molecule has 1 amide bonds. The van der Waals surface area contributed by atoms with Crippen LogP contribution in [0.4, 0.5) is 0 Å². The van der Waals surface area contributed by atoms with Crippen LogP contribution in [0.15, 0.2) is 5.38 Å². The first kappa shape index (κ1) is 15.9. The largest absolute Gasteiger partial charge is 0.476 e. The molecule has 0 spiro atoms. The van der Waals surface area contributed by atoms with Gasteiger partial charge in [0.1, 0.15) is 5.01 Å². The quantitative estimate of drug-likeness (QED) is 0.717. The third-order valence-corrected chi connectivity index (χ3v) is 4.74. The van der Waals surface area contributed by atoms with Crippen LogP contribution in [0.5, 0.6) is 0 Å². The smallest absolute Gasteiger partial charge is 0.355 e. The van der Waals surface area contributed by atoms with Crippen molar-refractivity contribution in [2.75, 3.05) is 13.2 Å². The number of thiazole rings is 1. The van der Waals surface area contributed by atoms with Gasteiger partial charge in [0.25, 0.3) is 0 Å². The van der Waals surface area contributed by atoms with Crippen molar-refractivity contribution in [3.63, 3.8) is 0 Å². The SMILES string of the molecule is CCOCCC1(C(=O)NCc2nc(C(=O)O)cs2)CCC1. The molecule has 0 aliphatic heterocycles. The second-order valence-electron chi connectivity index (χ2n) is 5.20. The fourth-order valence-corrected chi connectivity index (χ4v) is 3.15. The number of ether oxygens (including phenoxy) is 1. The summed E-state index contributed by atoms with van der Waals surface area (Å²) in [6.07, 6.45) is 3.60. The highest BCUT2D eigenvalue weighted by Crippen LogP contribution is 2.44. The lowest BCUT2D eigenvalue weighted by Crippen LogP contribution is -2.46. The van der Waals surface area contributed by atoms with E-state index >= 15 is 0 Å². The van der Waals surface area contributed by atoms with Gasteiger partial charge < -0.3 is 15.2 Å². The summed E-state index contributed by atoms with van der Waals surface area (Å²) in [5.74, 6) is -1.02. The highest BCUT2D eigenvalue weighted by Gasteiger charge is 2.43. The summed E-state index contributed by atoms with van der Waals surface area (Å²) < 4.78 is 5.35. The van der Waals surface area contributed by atoms with Crippen LogP contribution in [-0.2, 0) is 16.1 Å². The topological polar surface area (TPSA) is 88.5 Å². The van der Waals surface area contributed by atoms with Crippen LogP contribution in [0.25, 0.3) is 0 Å². The maximum absolute atomic E-state index is 12.3. The van der Waals surface area contributed by atoms with Crippen molar-refractivity contribution in [3.8, 4) is 0 Å². The third-order valence-electron chi connectivity index (χ3n) is 3.89. The van der Waals surface area contributed by atoms with Crippen LogP contribution < -0.4 is 5.32 Å². The molecule has 0 bridgehead atoms. The van der Waals surface area contributed by atoms with Crippen molar-refractivity contribution in [2.24, 2.45) is 5.41 Å². The molecule has 0 unspecified atom stereocenters. The molecule has 1 fully saturated rings. The molecule has 1 aliphatic carbocycles. The highest BCUT2D eigenvalue weighted by atomic mass is 32.1. The monoisotopic (exact) mass is 312 g/mol. The Labute approximate surface area is 127 Å². The summed E-state index contributed by atoms with van der Waals surface area (Å²) in [6, 6.07) is 0. The zero-order valence-corrected chi connectivity index (χ0v) is 12.9. The molecule has 21 heavy (non-hydrogen) atoms. The molecular weight excluding hydrogens is 292 g/mol. The van der Waals surface area contributed by atoms with E-state index in [4.69, 9.17) is 9.84 Å². The summed E-state index contributed by atoms with van der Waals surface area (Å²) in [4.78, 5) is 27.1. The molecular formula is C14H20N2O4S. The normalized spacial score (nSPS) is 16.2. The number of hydrogen-bond donors (Lipinski definition) is 2. The first-order chi connectivity index (χ1) is 10.1. The molecule has 0 saturated heterocycles. The van der Waals surface area contributed by atoms with E-state index in [1.54, 1.807) is 0 Å². The van der Waals surface area contributed by atoms with E-state index in [0.29, 0.717) is 18.2 Å². The van der Waals surface area contributed by atoms with E-state index in [0.717, 1.165) is 25.7 Å². The van der Waals surface area contributed by atoms with E-state index in [-0.39, 0.29) is 23.6 Å². The Bertz CT molecular complexity index is 511. The minimum Gasteiger partial charge on any atom is -0.476 e. The zero-order chi connectivity index (χ0) is 15.3. The lowest BCUT2D eigenvalue weighted by Gasteiger charge is -2.40. The lowest BCUT2D eigenvalue weighted by molar-refractivity contribution is -0.137. The molecule has 0 atom stereocenters. The Morgan fingerprint density at radius 1 is 1.52 bits per heavy atom. The molecule has 2 rings (SSSR count). The van der Waals surface area contributed by atoms with E-state index in [1.165, 1.54) is 16.7 Å². The summed E-state index contributed by atoms with van der Waals surface area (Å²) in [5, 5.41) is 13.8. The molecule has 0 radical (unpaired) electrons.